The molecule has 4 rings (SSSR count). The number of thioether (sulfide) groups is 1. The van der Waals surface area contributed by atoms with Gasteiger partial charge in [-0.25, -0.2) is 0 Å². The summed E-state index contributed by atoms with van der Waals surface area (Å²) in [5.74, 6) is 0.991. The molecule has 0 N–H and O–H groups in total. The van der Waals surface area contributed by atoms with Crippen LogP contribution in [0.25, 0.3) is 0 Å². The summed E-state index contributed by atoms with van der Waals surface area (Å²) in [5.41, 5.74) is 2.62. The van der Waals surface area contributed by atoms with E-state index in [0.717, 1.165) is 28.5 Å². The number of halogens is 2. The summed E-state index contributed by atoms with van der Waals surface area (Å²) >= 11 is 13.2. The van der Waals surface area contributed by atoms with Crippen LogP contribution in [0.3, 0.4) is 0 Å². The van der Waals surface area contributed by atoms with Gasteiger partial charge in [-0.3, -0.25) is 14.5 Å². The highest BCUT2D eigenvalue weighted by Gasteiger charge is 2.39. The Bertz CT molecular complexity index is 1190. The average molecular weight is 516 g/mol. The second-order valence-corrected chi connectivity index (χ2v) is 9.72. The molecule has 0 saturated carbocycles. The van der Waals surface area contributed by atoms with E-state index in [2.05, 4.69) is 0 Å². The van der Waals surface area contributed by atoms with Crippen molar-refractivity contribution in [2.24, 2.45) is 0 Å². The van der Waals surface area contributed by atoms with E-state index in [1.807, 2.05) is 61.5 Å². The SMILES string of the molecule is CCOc1cc(C[C@@H]2SC(=O)N(Cc3ccc(Cl)cc3)C2=O)ccc1OCc1ccccc1Cl. The Kier molecular flexibility index (Phi) is 8.03. The summed E-state index contributed by atoms with van der Waals surface area (Å²) in [6, 6.07) is 20.2. The molecule has 0 spiro atoms. The molecule has 3 aromatic carbocycles. The van der Waals surface area contributed by atoms with Gasteiger partial charge in [-0.2, -0.15) is 0 Å². The summed E-state index contributed by atoms with van der Waals surface area (Å²) in [6.45, 7) is 2.91. The average Bonchev–Trinajstić information content (AvgIpc) is 3.08. The maximum absolute atomic E-state index is 13.0. The van der Waals surface area contributed by atoms with Crippen LogP contribution in [-0.2, 0) is 24.4 Å². The lowest BCUT2D eigenvalue weighted by Gasteiger charge is -2.16. The molecule has 1 aliphatic rings. The second-order valence-electron chi connectivity index (χ2n) is 7.72. The van der Waals surface area contributed by atoms with E-state index in [-0.39, 0.29) is 17.7 Å². The predicted molar refractivity (Wildman–Crippen MR) is 136 cm³/mol. The molecule has 5 nitrogen and oxygen atoms in total. The van der Waals surface area contributed by atoms with Crippen molar-refractivity contribution in [3.63, 3.8) is 0 Å². The maximum atomic E-state index is 13.0. The van der Waals surface area contributed by atoms with Crippen molar-refractivity contribution < 1.29 is 19.1 Å². The minimum atomic E-state index is -0.482. The Balaban J connectivity index is 1.44. The number of nitrogens with zero attached hydrogens (tertiary/aromatic N) is 1. The molecule has 0 aromatic heterocycles. The van der Waals surface area contributed by atoms with Crippen LogP contribution in [0.4, 0.5) is 4.79 Å². The number of hydrogen-bond donors (Lipinski definition) is 0. The highest BCUT2D eigenvalue weighted by atomic mass is 35.5. The van der Waals surface area contributed by atoms with Crippen LogP contribution in [0, 0.1) is 0 Å². The number of ether oxygens (including phenoxy) is 2. The first-order valence-corrected chi connectivity index (χ1v) is 12.5. The molecule has 0 bridgehead atoms. The zero-order valence-corrected chi connectivity index (χ0v) is 20.8. The minimum absolute atomic E-state index is 0.193. The van der Waals surface area contributed by atoms with Gasteiger partial charge in [0.25, 0.3) is 5.24 Å². The number of benzene rings is 3. The third-order valence-electron chi connectivity index (χ3n) is 5.33. The van der Waals surface area contributed by atoms with E-state index >= 15 is 0 Å². The number of imide groups is 1. The van der Waals surface area contributed by atoms with Gasteiger partial charge in [-0.05, 0) is 54.8 Å². The Morgan fingerprint density at radius 3 is 2.38 bits per heavy atom. The fraction of sp³-hybridized carbons (Fsp3) is 0.231. The van der Waals surface area contributed by atoms with Crippen LogP contribution in [0.5, 0.6) is 11.5 Å². The molecule has 1 fully saturated rings. The van der Waals surface area contributed by atoms with Crippen molar-refractivity contribution >= 4 is 46.1 Å². The minimum Gasteiger partial charge on any atom is -0.490 e. The van der Waals surface area contributed by atoms with Crippen molar-refractivity contribution in [1.82, 2.24) is 4.90 Å². The Morgan fingerprint density at radius 2 is 1.65 bits per heavy atom. The normalized spacial score (nSPS) is 15.6. The van der Waals surface area contributed by atoms with Gasteiger partial charge in [0, 0.05) is 15.6 Å². The van der Waals surface area contributed by atoms with Gasteiger partial charge >= 0.3 is 0 Å². The van der Waals surface area contributed by atoms with Crippen LogP contribution in [0.15, 0.2) is 66.7 Å². The smallest absolute Gasteiger partial charge is 0.289 e. The van der Waals surface area contributed by atoms with Gasteiger partial charge in [-0.15, -0.1) is 0 Å². The van der Waals surface area contributed by atoms with Gasteiger partial charge in [0.05, 0.1) is 18.4 Å². The summed E-state index contributed by atoms with van der Waals surface area (Å²) in [4.78, 5) is 26.8. The lowest BCUT2D eigenvalue weighted by molar-refractivity contribution is -0.127. The fourth-order valence-electron chi connectivity index (χ4n) is 3.60. The highest BCUT2D eigenvalue weighted by Crippen LogP contribution is 2.34. The van der Waals surface area contributed by atoms with Gasteiger partial charge in [0.2, 0.25) is 5.91 Å². The van der Waals surface area contributed by atoms with Gasteiger partial charge < -0.3 is 9.47 Å². The number of hydrogen-bond acceptors (Lipinski definition) is 5. The molecule has 0 radical (unpaired) electrons. The number of amides is 2. The zero-order valence-electron chi connectivity index (χ0n) is 18.5. The summed E-state index contributed by atoms with van der Waals surface area (Å²) in [6.07, 6.45) is 0.414. The standard InChI is InChI=1S/C26H23Cl2NO4S/c1-2-32-23-13-18(9-12-22(23)33-16-19-5-3-4-6-21(19)28)14-24-25(30)29(26(31)34-24)15-17-7-10-20(27)11-8-17/h3-13,24H,2,14-16H2,1H3/t24-/m0/s1. The number of rotatable bonds is 9. The van der Waals surface area contributed by atoms with Crippen molar-refractivity contribution in [2.45, 2.75) is 31.7 Å². The van der Waals surface area contributed by atoms with Crippen molar-refractivity contribution in [3.8, 4) is 11.5 Å². The predicted octanol–water partition coefficient (Wildman–Crippen LogP) is 6.78. The Morgan fingerprint density at radius 1 is 0.912 bits per heavy atom. The Hall–Kier alpha value is -2.67. The first kappa shape index (κ1) is 24.5. The fourth-order valence-corrected chi connectivity index (χ4v) is 4.94. The summed E-state index contributed by atoms with van der Waals surface area (Å²) in [5, 5.41) is 0.528. The molecule has 3 aromatic rings. The van der Waals surface area contributed by atoms with Gasteiger partial charge in [0.1, 0.15) is 6.61 Å². The zero-order chi connectivity index (χ0) is 24.1. The molecule has 1 aliphatic heterocycles. The summed E-state index contributed by atoms with van der Waals surface area (Å²) in [7, 11) is 0. The van der Waals surface area contributed by atoms with Crippen LogP contribution >= 0.6 is 35.0 Å². The first-order chi connectivity index (χ1) is 16.4. The van der Waals surface area contributed by atoms with Crippen molar-refractivity contribution in [2.75, 3.05) is 6.61 Å². The molecule has 1 saturated heterocycles. The number of carbonyl (C=O) groups excluding carboxylic acids is 2. The monoisotopic (exact) mass is 515 g/mol. The topological polar surface area (TPSA) is 55.8 Å². The second kappa shape index (κ2) is 11.2. The lowest BCUT2D eigenvalue weighted by Crippen LogP contribution is -2.31. The highest BCUT2D eigenvalue weighted by molar-refractivity contribution is 8.15. The van der Waals surface area contributed by atoms with Gasteiger partial charge in [-0.1, -0.05) is 71.4 Å². The largest absolute Gasteiger partial charge is 0.490 e. The third kappa shape index (κ3) is 5.87. The molecular formula is C26H23Cl2NO4S. The molecule has 176 valence electrons. The molecule has 2 amide bonds. The van der Waals surface area contributed by atoms with Crippen LogP contribution < -0.4 is 9.47 Å². The third-order valence-corrected chi connectivity index (χ3v) is 7.02. The molecule has 0 aliphatic carbocycles. The molecule has 34 heavy (non-hydrogen) atoms. The molecule has 0 unspecified atom stereocenters. The summed E-state index contributed by atoms with van der Waals surface area (Å²) < 4.78 is 11.7. The maximum Gasteiger partial charge on any atom is 0.289 e. The van der Waals surface area contributed by atoms with Crippen molar-refractivity contribution in [3.05, 3.63) is 93.5 Å². The Labute approximate surface area is 212 Å². The van der Waals surface area contributed by atoms with Crippen LogP contribution in [0.2, 0.25) is 10.0 Å². The number of carbonyl (C=O) groups is 2. The lowest BCUT2D eigenvalue weighted by atomic mass is 10.1. The van der Waals surface area contributed by atoms with Gasteiger partial charge in [0.15, 0.2) is 11.5 Å². The van der Waals surface area contributed by atoms with E-state index < -0.39 is 5.25 Å². The molecule has 8 heteroatoms. The quantitative estimate of drug-likeness (QED) is 0.314. The van der Waals surface area contributed by atoms with Crippen LogP contribution in [0.1, 0.15) is 23.6 Å². The molecule has 1 heterocycles. The van der Waals surface area contributed by atoms with Crippen LogP contribution in [-0.4, -0.2) is 27.9 Å². The van der Waals surface area contributed by atoms with Crippen molar-refractivity contribution in [1.29, 1.82) is 0 Å². The van der Waals surface area contributed by atoms with E-state index in [4.69, 9.17) is 32.7 Å². The molecule has 1 atom stereocenters. The van der Waals surface area contributed by atoms with E-state index in [0.29, 0.717) is 41.2 Å². The van der Waals surface area contributed by atoms with E-state index in [1.54, 1.807) is 12.1 Å². The molecular weight excluding hydrogens is 493 g/mol. The first-order valence-electron chi connectivity index (χ1n) is 10.8. The van der Waals surface area contributed by atoms with E-state index in [1.165, 1.54) is 4.90 Å². The van der Waals surface area contributed by atoms with E-state index in [9.17, 15) is 9.59 Å².